The highest BCUT2D eigenvalue weighted by molar-refractivity contribution is 6.03. The number of amides is 1. The highest BCUT2D eigenvalue weighted by Gasteiger charge is 2.08. The second kappa shape index (κ2) is 9.36. The summed E-state index contributed by atoms with van der Waals surface area (Å²) in [5.41, 5.74) is 1.63. The van der Waals surface area contributed by atoms with Gasteiger partial charge in [-0.3, -0.25) is 4.79 Å². The fourth-order valence-corrected chi connectivity index (χ4v) is 2.66. The first-order chi connectivity index (χ1) is 13.7. The van der Waals surface area contributed by atoms with Crippen molar-refractivity contribution in [1.82, 2.24) is 10.2 Å². The van der Waals surface area contributed by atoms with Crippen LogP contribution in [0.1, 0.15) is 15.9 Å². The highest BCUT2D eigenvalue weighted by Crippen LogP contribution is 2.18. The van der Waals surface area contributed by atoms with Crippen LogP contribution in [0.2, 0.25) is 0 Å². The number of carbonyl (C=O) groups excluding carboxylic acids is 1. The fraction of sp³-hybridized carbons (Fsp3) is 0.190. The number of rotatable bonds is 8. The van der Waals surface area contributed by atoms with Crippen LogP contribution in [0.25, 0.3) is 0 Å². The molecule has 0 aliphatic heterocycles. The number of aromatic nitrogens is 2. The molecular formula is C21H22N4O3. The molecule has 0 aliphatic carbocycles. The van der Waals surface area contributed by atoms with Crippen LogP contribution in [0.15, 0.2) is 60.7 Å². The van der Waals surface area contributed by atoms with Crippen molar-refractivity contribution in [2.24, 2.45) is 0 Å². The Labute approximate surface area is 163 Å². The summed E-state index contributed by atoms with van der Waals surface area (Å²) < 4.78 is 10.4. The van der Waals surface area contributed by atoms with E-state index in [1.807, 2.05) is 24.3 Å². The van der Waals surface area contributed by atoms with Gasteiger partial charge in [0.1, 0.15) is 17.3 Å². The number of ether oxygens (including phenoxy) is 2. The molecule has 1 amide bonds. The van der Waals surface area contributed by atoms with Gasteiger partial charge in [-0.2, -0.15) is 0 Å². The van der Waals surface area contributed by atoms with E-state index < -0.39 is 0 Å². The predicted octanol–water partition coefficient (Wildman–Crippen LogP) is 3.40. The van der Waals surface area contributed by atoms with Crippen LogP contribution in [0.5, 0.6) is 11.5 Å². The number of anilines is 2. The van der Waals surface area contributed by atoms with Gasteiger partial charge in [-0.05, 0) is 54.4 Å². The van der Waals surface area contributed by atoms with Crippen LogP contribution in [0.4, 0.5) is 11.6 Å². The molecule has 144 valence electrons. The number of methoxy groups -OCH3 is 2. The Morgan fingerprint density at radius 2 is 1.61 bits per heavy atom. The molecule has 2 aromatic carbocycles. The lowest BCUT2D eigenvalue weighted by Crippen LogP contribution is -2.14. The summed E-state index contributed by atoms with van der Waals surface area (Å²) in [7, 11) is 3.24. The summed E-state index contributed by atoms with van der Waals surface area (Å²) >= 11 is 0. The van der Waals surface area contributed by atoms with Crippen LogP contribution in [0, 0.1) is 0 Å². The number of carbonyl (C=O) groups is 1. The Morgan fingerprint density at radius 3 is 2.29 bits per heavy atom. The minimum absolute atomic E-state index is 0.256. The topological polar surface area (TPSA) is 85.4 Å². The Bertz CT molecular complexity index is 912. The fourth-order valence-electron chi connectivity index (χ4n) is 2.66. The van der Waals surface area contributed by atoms with Gasteiger partial charge >= 0.3 is 0 Å². The predicted molar refractivity (Wildman–Crippen MR) is 108 cm³/mol. The van der Waals surface area contributed by atoms with Crippen molar-refractivity contribution in [3.8, 4) is 11.5 Å². The quantitative estimate of drug-likeness (QED) is 0.625. The van der Waals surface area contributed by atoms with E-state index in [4.69, 9.17) is 9.47 Å². The summed E-state index contributed by atoms with van der Waals surface area (Å²) in [6.45, 7) is 0.687. The van der Waals surface area contributed by atoms with E-state index in [0.717, 1.165) is 17.7 Å². The molecular weight excluding hydrogens is 356 g/mol. The molecule has 7 heteroatoms. The Balaban J connectivity index is 1.52. The SMILES string of the molecule is COc1ccc(C(=O)Nc2ccc(NCCc3ccccc3OC)nn2)cc1. The first-order valence-corrected chi connectivity index (χ1v) is 8.84. The molecule has 2 N–H and O–H groups in total. The molecule has 0 spiro atoms. The van der Waals surface area contributed by atoms with Crippen molar-refractivity contribution in [3.05, 3.63) is 71.8 Å². The molecule has 0 bridgehead atoms. The number of nitrogens with zero attached hydrogens (tertiary/aromatic N) is 2. The third kappa shape index (κ3) is 4.97. The largest absolute Gasteiger partial charge is 0.497 e. The van der Waals surface area contributed by atoms with Crippen LogP contribution in [0.3, 0.4) is 0 Å². The van der Waals surface area contributed by atoms with E-state index in [-0.39, 0.29) is 5.91 Å². The minimum atomic E-state index is -0.256. The number of nitrogens with one attached hydrogen (secondary N) is 2. The Morgan fingerprint density at radius 1 is 0.893 bits per heavy atom. The molecule has 0 unspecified atom stereocenters. The van der Waals surface area contributed by atoms with E-state index in [0.29, 0.717) is 29.5 Å². The smallest absolute Gasteiger partial charge is 0.256 e. The second-order valence-electron chi connectivity index (χ2n) is 5.98. The lowest BCUT2D eigenvalue weighted by molar-refractivity contribution is 0.102. The van der Waals surface area contributed by atoms with Crippen molar-refractivity contribution in [2.75, 3.05) is 31.4 Å². The van der Waals surface area contributed by atoms with Gasteiger partial charge in [0.25, 0.3) is 5.91 Å². The van der Waals surface area contributed by atoms with Crippen LogP contribution < -0.4 is 20.1 Å². The summed E-state index contributed by atoms with van der Waals surface area (Å²) in [5.74, 6) is 2.33. The first-order valence-electron chi connectivity index (χ1n) is 8.84. The number of hydrogen-bond acceptors (Lipinski definition) is 6. The molecule has 1 heterocycles. The van der Waals surface area contributed by atoms with E-state index >= 15 is 0 Å². The summed E-state index contributed by atoms with van der Waals surface area (Å²) in [6.07, 6.45) is 0.793. The van der Waals surface area contributed by atoms with Gasteiger partial charge in [-0.15, -0.1) is 10.2 Å². The molecule has 0 aliphatic rings. The van der Waals surface area contributed by atoms with Gasteiger partial charge in [-0.1, -0.05) is 18.2 Å². The molecule has 0 saturated heterocycles. The molecule has 3 aromatic rings. The second-order valence-corrected chi connectivity index (χ2v) is 5.98. The lowest BCUT2D eigenvalue weighted by Gasteiger charge is -2.09. The van der Waals surface area contributed by atoms with Crippen LogP contribution in [-0.4, -0.2) is 36.9 Å². The zero-order valence-electron chi connectivity index (χ0n) is 15.8. The van der Waals surface area contributed by atoms with Gasteiger partial charge in [0.15, 0.2) is 5.82 Å². The average Bonchev–Trinajstić information content (AvgIpc) is 2.75. The number of para-hydroxylation sites is 1. The van der Waals surface area contributed by atoms with Crippen molar-refractivity contribution in [2.45, 2.75) is 6.42 Å². The molecule has 3 rings (SSSR count). The van der Waals surface area contributed by atoms with Crippen molar-refractivity contribution >= 4 is 17.5 Å². The average molecular weight is 378 g/mol. The van der Waals surface area contributed by atoms with Gasteiger partial charge in [0, 0.05) is 12.1 Å². The molecule has 0 atom stereocenters. The number of benzene rings is 2. The van der Waals surface area contributed by atoms with Crippen LogP contribution >= 0.6 is 0 Å². The van der Waals surface area contributed by atoms with Gasteiger partial charge in [0.05, 0.1) is 14.2 Å². The normalized spacial score (nSPS) is 10.2. The van der Waals surface area contributed by atoms with E-state index in [9.17, 15) is 4.79 Å². The maximum atomic E-state index is 12.2. The lowest BCUT2D eigenvalue weighted by atomic mass is 10.1. The maximum absolute atomic E-state index is 12.2. The molecule has 0 fully saturated rings. The third-order valence-corrected chi connectivity index (χ3v) is 4.15. The molecule has 0 saturated carbocycles. The monoisotopic (exact) mass is 378 g/mol. The summed E-state index contributed by atoms with van der Waals surface area (Å²) in [4.78, 5) is 12.2. The van der Waals surface area contributed by atoms with E-state index in [1.165, 1.54) is 0 Å². The minimum Gasteiger partial charge on any atom is -0.497 e. The zero-order chi connectivity index (χ0) is 19.8. The molecule has 28 heavy (non-hydrogen) atoms. The molecule has 0 radical (unpaired) electrons. The third-order valence-electron chi connectivity index (χ3n) is 4.15. The van der Waals surface area contributed by atoms with E-state index in [1.54, 1.807) is 50.6 Å². The molecule has 1 aromatic heterocycles. The van der Waals surface area contributed by atoms with Crippen molar-refractivity contribution in [3.63, 3.8) is 0 Å². The summed E-state index contributed by atoms with van der Waals surface area (Å²) in [5, 5.41) is 14.1. The Kier molecular flexibility index (Phi) is 6.41. The highest BCUT2D eigenvalue weighted by atomic mass is 16.5. The standard InChI is InChI=1S/C21H22N4O3/c1-27-17-9-7-16(8-10-17)21(26)23-20-12-11-19(24-25-20)22-14-13-15-5-3-4-6-18(15)28-2/h3-12H,13-14H2,1-2H3,(H,22,24)(H,23,25,26). The first kappa shape index (κ1) is 19.2. The maximum Gasteiger partial charge on any atom is 0.256 e. The van der Waals surface area contributed by atoms with Gasteiger partial charge in [-0.25, -0.2) is 0 Å². The van der Waals surface area contributed by atoms with Crippen molar-refractivity contribution < 1.29 is 14.3 Å². The van der Waals surface area contributed by atoms with E-state index in [2.05, 4.69) is 20.8 Å². The van der Waals surface area contributed by atoms with Gasteiger partial charge < -0.3 is 20.1 Å². The molecule has 7 nitrogen and oxygen atoms in total. The van der Waals surface area contributed by atoms with Crippen molar-refractivity contribution in [1.29, 1.82) is 0 Å². The summed E-state index contributed by atoms with van der Waals surface area (Å²) in [6, 6.07) is 18.2. The number of hydrogen-bond donors (Lipinski definition) is 2. The zero-order valence-corrected chi connectivity index (χ0v) is 15.8. The van der Waals surface area contributed by atoms with Crippen LogP contribution in [-0.2, 0) is 6.42 Å². The van der Waals surface area contributed by atoms with Gasteiger partial charge in [0.2, 0.25) is 0 Å². The Hall–Kier alpha value is -3.61.